The van der Waals surface area contributed by atoms with Crippen molar-refractivity contribution in [3.63, 3.8) is 0 Å². The number of hydrogen-bond donors (Lipinski definition) is 3. The van der Waals surface area contributed by atoms with E-state index in [2.05, 4.69) is 87.0 Å². The number of amidine groups is 1. The lowest BCUT2D eigenvalue weighted by Crippen LogP contribution is -2.44. The first-order chi connectivity index (χ1) is 18.0. The topological polar surface area (TPSA) is 90.9 Å². The molecular weight excluding hydrogens is 458 g/mol. The lowest BCUT2D eigenvalue weighted by molar-refractivity contribution is 0.189. The van der Waals surface area contributed by atoms with Gasteiger partial charge in [0, 0.05) is 47.8 Å². The molecule has 1 fully saturated rings. The Hall–Kier alpha value is -3.97. The molecular formula is C30H37N7. The third-order valence-corrected chi connectivity index (χ3v) is 6.69. The van der Waals surface area contributed by atoms with Gasteiger partial charge in [0.1, 0.15) is 0 Å². The van der Waals surface area contributed by atoms with E-state index in [1.54, 1.807) is 6.08 Å². The van der Waals surface area contributed by atoms with Gasteiger partial charge in [-0.1, -0.05) is 31.4 Å². The van der Waals surface area contributed by atoms with Crippen molar-refractivity contribution in [2.45, 2.75) is 45.3 Å². The van der Waals surface area contributed by atoms with Gasteiger partial charge in [-0.3, -0.25) is 9.88 Å². The van der Waals surface area contributed by atoms with E-state index in [1.165, 1.54) is 18.3 Å². The van der Waals surface area contributed by atoms with Gasteiger partial charge in [-0.15, -0.1) is 0 Å². The van der Waals surface area contributed by atoms with Crippen LogP contribution in [0.4, 0.5) is 5.69 Å². The van der Waals surface area contributed by atoms with Crippen molar-refractivity contribution in [1.82, 2.24) is 15.2 Å². The number of anilines is 1. The molecule has 4 N–H and O–H groups in total. The van der Waals surface area contributed by atoms with Gasteiger partial charge in [-0.2, -0.15) is 0 Å². The first-order valence-electron chi connectivity index (χ1n) is 12.8. The molecule has 0 radical (unpaired) electrons. The van der Waals surface area contributed by atoms with E-state index in [9.17, 15) is 0 Å². The highest BCUT2D eigenvalue weighted by molar-refractivity contribution is 6.11. The monoisotopic (exact) mass is 495 g/mol. The Bertz CT molecular complexity index is 1240. The maximum Gasteiger partial charge on any atom is 0.161 e. The van der Waals surface area contributed by atoms with Crippen LogP contribution in [0.5, 0.6) is 0 Å². The zero-order chi connectivity index (χ0) is 26.2. The van der Waals surface area contributed by atoms with Crippen molar-refractivity contribution in [1.29, 1.82) is 0 Å². The lowest BCUT2D eigenvalue weighted by Gasteiger charge is -2.33. The number of allylic oxidation sites excluding steroid dienone is 2. The molecule has 3 heterocycles. The van der Waals surface area contributed by atoms with Crippen LogP contribution in [-0.2, 0) is 6.54 Å². The molecule has 7 nitrogen and oxygen atoms in total. The summed E-state index contributed by atoms with van der Waals surface area (Å²) in [4.78, 5) is 15.9. The van der Waals surface area contributed by atoms with Crippen molar-refractivity contribution in [2.24, 2.45) is 15.7 Å². The van der Waals surface area contributed by atoms with Crippen molar-refractivity contribution in [2.75, 3.05) is 18.4 Å². The van der Waals surface area contributed by atoms with Gasteiger partial charge in [0.2, 0.25) is 0 Å². The summed E-state index contributed by atoms with van der Waals surface area (Å²) >= 11 is 0. The Labute approximate surface area is 220 Å². The minimum atomic E-state index is 0.0707. The van der Waals surface area contributed by atoms with Crippen LogP contribution >= 0.6 is 0 Å². The molecule has 37 heavy (non-hydrogen) atoms. The fourth-order valence-corrected chi connectivity index (χ4v) is 4.74. The van der Waals surface area contributed by atoms with E-state index in [0.29, 0.717) is 11.9 Å². The van der Waals surface area contributed by atoms with Crippen molar-refractivity contribution < 1.29 is 0 Å². The van der Waals surface area contributed by atoms with Gasteiger partial charge in [0.05, 0.1) is 23.8 Å². The van der Waals surface area contributed by atoms with Crippen LogP contribution in [0, 0.1) is 0 Å². The maximum atomic E-state index is 5.46. The number of piperidine rings is 1. The lowest BCUT2D eigenvalue weighted by atomic mass is 10.0. The highest BCUT2D eigenvalue weighted by Gasteiger charge is 2.20. The quantitative estimate of drug-likeness (QED) is 0.253. The van der Waals surface area contributed by atoms with Gasteiger partial charge in [0.15, 0.2) is 5.84 Å². The molecule has 1 aromatic heterocycles. The molecule has 0 amide bonds. The third-order valence-electron chi connectivity index (χ3n) is 6.69. The van der Waals surface area contributed by atoms with E-state index in [4.69, 9.17) is 5.73 Å². The Morgan fingerprint density at radius 2 is 2.11 bits per heavy atom. The largest absolute Gasteiger partial charge is 0.390 e. The normalized spacial score (nSPS) is 19.9. The van der Waals surface area contributed by atoms with Crippen LogP contribution < -0.4 is 16.4 Å². The van der Waals surface area contributed by atoms with Crippen molar-refractivity contribution in [3.8, 4) is 0 Å². The summed E-state index contributed by atoms with van der Waals surface area (Å²) in [5.74, 6) is 0.639. The summed E-state index contributed by atoms with van der Waals surface area (Å²) in [5.41, 5.74) is 12.6. The van der Waals surface area contributed by atoms with Crippen molar-refractivity contribution in [3.05, 3.63) is 102 Å². The maximum absolute atomic E-state index is 5.46. The summed E-state index contributed by atoms with van der Waals surface area (Å²) < 4.78 is 0. The standard InChI is InChI=1S/C30H37N7/c1-5-21(3)34-27-8-7-15-37(19-27)18-23-13-14-32-28(16-23)22(4)35-26-11-9-25(10-12-26)29-17-24(6-2)30(36-29)33-20-31/h5-6,9-14,16-17,20,22,27,34-35H,1,3,7-8,15,18-19H2,2,4H3,(H2,31,33,36)/b24-6+. The molecule has 1 aromatic carbocycles. The second-order valence-corrected chi connectivity index (χ2v) is 9.47. The minimum absolute atomic E-state index is 0.0707. The zero-order valence-electron chi connectivity index (χ0n) is 21.8. The predicted molar refractivity (Wildman–Crippen MR) is 155 cm³/mol. The van der Waals surface area contributed by atoms with Crippen LogP contribution in [0.3, 0.4) is 0 Å². The molecule has 4 rings (SSSR count). The van der Waals surface area contributed by atoms with Crippen LogP contribution in [0.25, 0.3) is 5.70 Å². The van der Waals surface area contributed by atoms with Crippen LogP contribution in [0.1, 0.15) is 49.6 Å². The molecule has 2 unspecified atom stereocenters. The summed E-state index contributed by atoms with van der Waals surface area (Å²) in [6, 6.07) is 13.1. The molecule has 1 saturated heterocycles. The molecule has 2 atom stereocenters. The number of nitrogens with two attached hydrogens (primary N) is 1. The molecule has 192 valence electrons. The highest BCUT2D eigenvalue weighted by atomic mass is 15.2. The first-order valence-corrected chi connectivity index (χ1v) is 12.8. The van der Waals surface area contributed by atoms with E-state index in [-0.39, 0.29) is 6.04 Å². The molecule has 2 aromatic rings. The summed E-state index contributed by atoms with van der Waals surface area (Å²) in [7, 11) is 0. The Balaban J connectivity index is 1.37. The SMILES string of the molecule is C=CC(=C)NC1CCCN(Cc2ccnc(C(C)Nc3ccc(C4=C/C(=C\C)C(N=CN)=N4)cc3)c2)C1. The number of benzene rings is 1. The van der Waals surface area contributed by atoms with Gasteiger partial charge < -0.3 is 16.4 Å². The molecule has 0 spiro atoms. The fourth-order valence-electron chi connectivity index (χ4n) is 4.74. The van der Waals surface area contributed by atoms with Crippen molar-refractivity contribution >= 4 is 23.6 Å². The molecule has 2 aliphatic rings. The summed E-state index contributed by atoms with van der Waals surface area (Å²) in [5, 5.41) is 7.05. The van der Waals surface area contributed by atoms with Crippen LogP contribution in [0.2, 0.25) is 0 Å². The zero-order valence-corrected chi connectivity index (χ0v) is 21.8. The summed E-state index contributed by atoms with van der Waals surface area (Å²) in [6.45, 7) is 14.9. The number of aromatic nitrogens is 1. The molecule has 0 saturated carbocycles. The second kappa shape index (κ2) is 12.3. The molecule has 2 aliphatic heterocycles. The average molecular weight is 496 g/mol. The number of likely N-dealkylation sites (tertiary alicyclic amines) is 1. The average Bonchev–Trinajstić information content (AvgIpc) is 3.32. The van der Waals surface area contributed by atoms with E-state index >= 15 is 0 Å². The predicted octanol–water partition coefficient (Wildman–Crippen LogP) is 5.19. The molecule has 0 bridgehead atoms. The number of nitrogens with zero attached hydrogens (tertiary/aromatic N) is 4. The van der Waals surface area contributed by atoms with E-state index in [0.717, 1.165) is 60.0 Å². The van der Waals surface area contributed by atoms with Gasteiger partial charge in [-0.25, -0.2) is 9.98 Å². The fraction of sp³-hybridized carbons (Fsp3) is 0.300. The Morgan fingerprint density at radius 3 is 2.84 bits per heavy atom. The molecule has 7 heteroatoms. The third kappa shape index (κ3) is 6.83. The summed E-state index contributed by atoms with van der Waals surface area (Å²) in [6.07, 6.45) is 11.3. The van der Waals surface area contributed by atoms with Gasteiger partial charge in [0.25, 0.3) is 0 Å². The number of aliphatic imine (C=N–C) groups is 2. The smallest absolute Gasteiger partial charge is 0.161 e. The first kappa shape index (κ1) is 26.1. The Morgan fingerprint density at radius 1 is 1.30 bits per heavy atom. The van der Waals surface area contributed by atoms with Crippen LogP contribution in [-0.4, -0.2) is 41.2 Å². The van der Waals surface area contributed by atoms with Crippen LogP contribution in [0.15, 0.2) is 95.2 Å². The van der Waals surface area contributed by atoms with Gasteiger partial charge >= 0.3 is 0 Å². The number of pyridine rings is 1. The minimum Gasteiger partial charge on any atom is -0.390 e. The Kier molecular flexibility index (Phi) is 8.69. The number of hydrogen-bond acceptors (Lipinski definition) is 6. The second-order valence-electron chi connectivity index (χ2n) is 9.47. The highest BCUT2D eigenvalue weighted by Crippen LogP contribution is 2.28. The number of nitrogens with one attached hydrogen (secondary N) is 2. The van der Waals surface area contributed by atoms with E-state index in [1.807, 2.05) is 25.3 Å². The number of rotatable bonds is 9. The van der Waals surface area contributed by atoms with E-state index < -0.39 is 0 Å². The molecule has 0 aliphatic carbocycles. The van der Waals surface area contributed by atoms with Gasteiger partial charge in [-0.05, 0) is 75.2 Å².